The van der Waals surface area contributed by atoms with Gasteiger partial charge in [0.25, 0.3) is 0 Å². The van der Waals surface area contributed by atoms with Crippen LogP contribution >= 0.6 is 0 Å². The Bertz CT molecular complexity index is 166. The standard InChI is InChI=1S/C9H17BO2/c1-7(4-5-10)6-8(2)9(11)12-3/h4-5,7-8H,6,10H2,1-3H3/b5-4+. The molecule has 0 heterocycles. The van der Waals surface area contributed by atoms with Crippen LogP contribution in [0.2, 0.25) is 0 Å². The number of methoxy groups -OCH3 is 1. The van der Waals surface area contributed by atoms with Gasteiger partial charge in [-0.1, -0.05) is 19.9 Å². The molecule has 0 N–H and O–H groups in total. The zero-order valence-corrected chi connectivity index (χ0v) is 8.33. The van der Waals surface area contributed by atoms with Gasteiger partial charge in [0, 0.05) is 0 Å². The van der Waals surface area contributed by atoms with E-state index in [2.05, 4.69) is 17.7 Å². The molecule has 0 saturated heterocycles. The molecule has 0 aliphatic heterocycles. The van der Waals surface area contributed by atoms with E-state index < -0.39 is 0 Å². The fraction of sp³-hybridized carbons (Fsp3) is 0.667. The quantitative estimate of drug-likeness (QED) is 0.461. The van der Waals surface area contributed by atoms with Crippen LogP contribution in [0.5, 0.6) is 0 Å². The first-order chi connectivity index (χ1) is 5.61. The first kappa shape index (κ1) is 11.3. The number of carbonyl (C=O) groups excluding carboxylic acids is 1. The smallest absolute Gasteiger partial charge is 0.308 e. The summed E-state index contributed by atoms with van der Waals surface area (Å²) >= 11 is 0. The molecule has 3 heteroatoms. The molecule has 2 atom stereocenters. The molecule has 0 rings (SSSR count). The SMILES string of the molecule is B/C=C/C(C)CC(C)C(=O)OC. The lowest BCUT2D eigenvalue weighted by molar-refractivity contribution is -0.145. The van der Waals surface area contributed by atoms with Crippen molar-refractivity contribution >= 4 is 13.8 Å². The number of ether oxygens (including phenoxy) is 1. The monoisotopic (exact) mass is 168 g/mol. The Balaban J connectivity index is 3.83. The molecule has 0 radical (unpaired) electrons. The zero-order chi connectivity index (χ0) is 9.56. The van der Waals surface area contributed by atoms with Gasteiger partial charge in [-0.2, -0.15) is 0 Å². The molecule has 0 amide bonds. The summed E-state index contributed by atoms with van der Waals surface area (Å²) in [5.41, 5.74) is 0. The fourth-order valence-electron chi connectivity index (χ4n) is 1.26. The molecule has 0 aliphatic carbocycles. The van der Waals surface area contributed by atoms with Crippen LogP contribution in [0.4, 0.5) is 0 Å². The van der Waals surface area contributed by atoms with E-state index in [1.54, 1.807) is 0 Å². The van der Waals surface area contributed by atoms with Gasteiger partial charge < -0.3 is 4.74 Å². The largest absolute Gasteiger partial charge is 0.469 e. The van der Waals surface area contributed by atoms with Gasteiger partial charge in [-0.15, -0.1) is 5.98 Å². The van der Waals surface area contributed by atoms with Crippen molar-refractivity contribution in [1.82, 2.24) is 0 Å². The highest BCUT2D eigenvalue weighted by molar-refractivity contribution is 6.16. The van der Waals surface area contributed by atoms with Crippen LogP contribution < -0.4 is 0 Å². The van der Waals surface area contributed by atoms with Crippen molar-refractivity contribution in [3.05, 3.63) is 12.1 Å². The Kier molecular flexibility index (Phi) is 5.51. The highest BCUT2D eigenvalue weighted by Crippen LogP contribution is 2.13. The van der Waals surface area contributed by atoms with Crippen LogP contribution in [0, 0.1) is 11.8 Å². The van der Waals surface area contributed by atoms with E-state index in [4.69, 9.17) is 0 Å². The highest BCUT2D eigenvalue weighted by atomic mass is 16.5. The van der Waals surface area contributed by atoms with Crippen LogP contribution in [0.3, 0.4) is 0 Å². The summed E-state index contributed by atoms with van der Waals surface area (Å²) in [5.74, 6) is 2.34. The van der Waals surface area contributed by atoms with Crippen molar-refractivity contribution in [3.63, 3.8) is 0 Å². The summed E-state index contributed by atoms with van der Waals surface area (Å²) < 4.78 is 4.63. The van der Waals surface area contributed by atoms with Crippen LogP contribution in [0.15, 0.2) is 12.1 Å². The van der Waals surface area contributed by atoms with Crippen molar-refractivity contribution in [1.29, 1.82) is 0 Å². The van der Waals surface area contributed by atoms with Gasteiger partial charge in [-0.3, -0.25) is 4.79 Å². The van der Waals surface area contributed by atoms with Gasteiger partial charge in [-0.05, 0) is 12.3 Å². The molecule has 0 aromatic heterocycles. The molecule has 0 spiro atoms. The summed E-state index contributed by atoms with van der Waals surface area (Å²) in [6.07, 6.45) is 2.95. The Morgan fingerprint density at radius 1 is 1.58 bits per heavy atom. The maximum absolute atomic E-state index is 11.0. The predicted octanol–water partition coefficient (Wildman–Crippen LogP) is 0.968. The average molecular weight is 168 g/mol. The minimum absolute atomic E-state index is 0.00111. The van der Waals surface area contributed by atoms with Crippen molar-refractivity contribution in [2.45, 2.75) is 20.3 Å². The number of rotatable bonds is 4. The third kappa shape index (κ3) is 4.22. The highest BCUT2D eigenvalue weighted by Gasteiger charge is 2.14. The summed E-state index contributed by atoms with van der Waals surface area (Å²) in [6, 6.07) is 0. The minimum atomic E-state index is -0.119. The summed E-state index contributed by atoms with van der Waals surface area (Å²) in [7, 11) is 3.42. The third-order valence-corrected chi connectivity index (χ3v) is 1.85. The second-order valence-corrected chi connectivity index (χ2v) is 3.16. The van der Waals surface area contributed by atoms with Crippen LogP contribution in [0.1, 0.15) is 20.3 Å². The number of hydrogen-bond acceptors (Lipinski definition) is 2. The van der Waals surface area contributed by atoms with Gasteiger partial charge >= 0.3 is 5.97 Å². The minimum Gasteiger partial charge on any atom is -0.469 e. The summed E-state index contributed by atoms with van der Waals surface area (Å²) in [5, 5.41) is 0. The van der Waals surface area contributed by atoms with E-state index >= 15 is 0 Å². The molecule has 0 fully saturated rings. The van der Waals surface area contributed by atoms with Crippen molar-refractivity contribution < 1.29 is 9.53 Å². The van der Waals surface area contributed by atoms with E-state index in [-0.39, 0.29) is 11.9 Å². The van der Waals surface area contributed by atoms with E-state index in [0.717, 1.165) is 6.42 Å². The molecule has 12 heavy (non-hydrogen) atoms. The van der Waals surface area contributed by atoms with Crippen molar-refractivity contribution in [2.75, 3.05) is 7.11 Å². The Morgan fingerprint density at radius 3 is 2.58 bits per heavy atom. The maximum Gasteiger partial charge on any atom is 0.308 e. The molecular formula is C9H17BO2. The summed E-state index contributed by atoms with van der Waals surface area (Å²) in [4.78, 5) is 11.0. The molecule has 2 unspecified atom stereocenters. The molecular weight excluding hydrogens is 151 g/mol. The van der Waals surface area contributed by atoms with E-state index in [0.29, 0.717) is 5.92 Å². The predicted molar refractivity (Wildman–Crippen MR) is 52.6 cm³/mol. The Morgan fingerprint density at radius 2 is 2.17 bits per heavy atom. The van der Waals surface area contributed by atoms with Crippen LogP contribution in [-0.4, -0.2) is 20.9 Å². The lowest BCUT2D eigenvalue weighted by atomic mass is 9.95. The Hall–Kier alpha value is -0.725. The Labute approximate surface area is 75.4 Å². The average Bonchev–Trinajstić information content (AvgIpc) is 2.03. The second kappa shape index (κ2) is 5.87. The molecule has 68 valence electrons. The van der Waals surface area contributed by atoms with Gasteiger partial charge in [0.05, 0.1) is 13.0 Å². The molecule has 0 aromatic carbocycles. The molecule has 0 bridgehead atoms. The van der Waals surface area contributed by atoms with Crippen molar-refractivity contribution in [2.24, 2.45) is 11.8 Å². The number of carbonyl (C=O) groups is 1. The third-order valence-electron chi connectivity index (χ3n) is 1.85. The van der Waals surface area contributed by atoms with Crippen molar-refractivity contribution in [3.8, 4) is 0 Å². The van der Waals surface area contributed by atoms with Gasteiger partial charge in [0.1, 0.15) is 7.85 Å². The first-order valence-electron chi connectivity index (χ1n) is 4.32. The normalized spacial score (nSPS) is 15.9. The second-order valence-electron chi connectivity index (χ2n) is 3.16. The first-order valence-corrected chi connectivity index (χ1v) is 4.32. The van der Waals surface area contributed by atoms with Gasteiger partial charge in [0.2, 0.25) is 0 Å². The fourth-order valence-corrected chi connectivity index (χ4v) is 1.26. The van der Waals surface area contributed by atoms with Gasteiger partial charge in [0.15, 0.2) is 0 Å². The molecule has 0 saturated carbocycles. The van der Waals surface area contributed by atoms with E-state index in [1.807, 2.05) is 20.7 Å². The number of esters is 1. The lowest BCUT2D eigenvalue weighted by Crippen LogP contribution is -2.14. The van der Waals surface area contributed by atoms with Crippen LogP contribution in [-0.2, 0) is 9.53 Å². The topological polar surface area (TPSA) is 26.3 Å². The van der Waals surface area contributed by atoms with E-state index in [9.17, 15) is 4.79 Å². The molecule has 2 nitrogen and oxygen atoms in total. The lowest BCUT2D eigenvalue weighted by Gasteiger charge is -2.11. The molecule has 0 aromatic rings. The number of allylic oxidation sites excluding steroid dienone is 1. The summed E-state index contributed by atoms with van der Waals surface area (Å²) in [6.45, 7) is 3.99. The number of hydrogen-bond donors (Lipinski definition) is 0. The maximum atomic E-state index is 11.0. The van der Waals surface area contributed by atoms with Gasteiger partial charge in [-0.25, -0.2) is 0 Å². The van der Waals surface area contributed by atoms with Crippen LogP contribution in [0.25, 0.3) is 0 Å². The zero-order valence-electron chi connectivity index (χ0n) is 8.33. The van der Waals surface area contributed by atoms with E-state index in [1.165, 1.54) is 7.11 Å². The molecule has 0 aliphatic rings.